The molecular formula is C19H16F3N5O2. The summed E-state index contributed by atoms with van der Waals surface area (Å²) in [6, 6.07) is 7.45. The molecule has 1 fully saturated rings. The number of aromatic nitrogens is 4. The Labute approximate surface area is 163 Å². The minimum absolute atomic E-state index is 0.117. The maximum Gasteiger partial charge on any atom is 0.419 e. The zero-order chi connectivity index (χ0) is 20.4. The Morgan fingerprint density at radius 2 is 1.86 bits per heavy atom. The first-order chi connectivity index (χ1) is 13.9. The third-order valence-corrected chi connectivity index (χ3v) is 4.60. The molecule has 0 radical (unpaired) electrons. The zero-order valence-corrected chi connectivity index (χ0v) is 15.0. The van der Waals surface area contributed by atoms with Crippen LogP contribution in [0.2, 0.25) is 0 Å². The van der Waals surface area contributed by atoms with Crippen LogP contribution < -0.4 is 10.9 Å². The minimum Gasteiger partial charge on any atom is -0.377 e. The van der Waals surface area contributed by atoms with Gasteiger partial charge in [-0.25, -0.2) is 9.67 Å². The van der Waals surface area contributed by atoms with Gasteiger partial charge in [-0.15, -0.1) is 0 Å². The fraction of sp³-hybridized carbons (Fsp3) is 0.263. The number of pyridine rings is 2. The summed E-state index contributed by atoms with van der Waals surface area (Å²) in [6.45, 7) is 0.255. The minimum atomic E-state index is -4.55. The number of halogens is 3. The van der Waals surface area contributed by atoms with Crippen LogP contribution in [-0.4, -0.2) is 39.0 Å². The summed E-state index contributed by atoms with van der Waals surface area (Å²) < 4.78 is 46.5. The van der Waals surface area contributed by atoms with E-state index in [0.717, 1.165) is 11.6 Å². The first-order valence-corrected chi connectivity index (χ1v) is 8.80. The summed E-state index contributed by atoms with van der Waals surface area (Å²) in [5.41, 5.74) is 0.0615. The molecule has 4 heterocycles. The van der Waals surface area contributed by atoms with Crippen molar-refractivity contribution in [2.75, 3.05) is 18.5 Å². The van der Waals surface area contributed by atoms with E-state index in [1.807, 2.05) is 0 Å². The highest BCUT2D eigenvalue weighted by atomic mass is 19.4. The molecule has 10 heteroatoms. The van der Waals surface area contributed by atoms with Crippen LogP contribution in [0.3, 0.4) is 0 Å². The molecule has 0 amide bonds. The Bertz CT molecular complexity index is 1060. The van der Waals surface area contributed by atoms with Gasteiger partial charge in [0.1, 0.15) is 11.9 Å². The normalized spacial score (nSPS) is 19.3. The van der Waals surface area contributed by atoms with Gasteiger partial charge in [0, 0.05) is 30.2 Å². The lowest BCUT2D eigenvalue weighted by atomic mass is 10.1. The summed E-state index contributed by atoms with van der Waals surface area (Å²) in [7, 11) is 0. The average Bonchev–Trinajstić information content (AvgIpc) is 3.16. The predicted molar refractivity (Wildman–Crippen MR) is 98.2 cm³/mol. The molecule has 29 heavy (non-hydrogen) atoms. The van der Waals surface area contributed by atoms with Crippen molar-refractivity contribution >= 4 is 5.82 Å². The molecular weight excluding hydrogens is 387 g/mol. The molecule has 0 spiro atoms. The first kappa shape index (κ1) is 19.1. The molecule has 0 bridgehead atoms. The van der Waals surface area contributed by atoms with Gasteiger partial charge in [0.2, 0.25) is 0 Å². The number of alkyl halides is 3. The van der Waals surface area contributed by atoms with Crippen molar-refractivity contribution in [3.63, 3.8) is 0 Å². The summed E-state index contributed by atoms with van der Waals surface area (Å²) in [5, 5.41) is 7.19. The molecule has 0 aromatic carbocycles. The molecule has 1 N–H and O–H groups in total. The molecule has 2 unspecified atom stereocenters. The topological polar surface area (TPSA) is 81.9 Å². The number of ether oxygens (including phenoxy) is 1. The lowest BCUT2D eigenvalue weighted by molar-refractivity contribution is -0.137. The third-order valence-electron chi connectivity index (χ3n) is 4.60. The van der Waals surface area contributed by atoms with Crippen LogP contribution in [0.4, 0.5) is 19.0 Å². The molecule has 3 aromatic rings. The predicted octanol–water partition coefficient (Wildman–Crippen LogP) is 2.77. The van der Waals surface area contributed by atoms with E-state index in [2.05, 4.69) is 20.4 Å². The highest BCUT2D eigenvalue weighted by Crippen LogP contribution is 2.34. The van der Waals surface area contributed by atoms with E-state index in [4.69, 9.17) is 4.74 Å². The molecule has 7 nitrogen and oxygen atoms in total. The fourth-order valence-electron chi connectivity index (χ4n) is 3.19. The lowest BCUT2D eigenvalue weighted by Gasteiger charge is -2.22. The lowest BCUT2D eigenvalue weighted by Crippen LogP contribution is -2.37. The SMILES string of the molecule is O=c1ccc(-c2ccncc2)nn1C1COCC1Nc1ncccc1C(F)(F)F. The smallest absolute Gasteiger partial charge is 0.377 e. The number of rotatable bonds is 4. The van der Waals surface area contributed by atoms with Crippen molar-refractivity contribution in [1.82, 2.24) is 19.7 Å². The second-order valence-corrected chi connectivity index (χ2v) is 6.49. The monoisotopic (exact) mass is 403 g/mol. The highest BCUT2D eigenvalue weighted by Gasteiger charge is 2.37. The molecule has 2 atom stereocenters. The van der Waals surface area contributed by atoms with Crippen LogP contribution in [0.1, 0.15) is 11.6 Å². The zero-order valence-electron chi connectivity index (χ0n) is 15.0. The maximum atomic E-state index is 13.3. The number of anilines is 1. The van der Waals surface area contributed by atoms with E-state index in [1.165, 1.54) is 23.0 Å². The van der Waals surface area contributed by atoms with Gasteiger partial charge in [-0.1, -0.05) is 0 Å². The molecule has 0 saturated carbocycles. The van der Waals surface area contributed by atoms with E-state index in [0.29, 0.717) is 5.69 Å². The molecule has 1 aliphatic rings. The van der Waals surface area contributed by atoms with E-state index < -0.39 is 23.8 Å². The molecule has 150 valence electrons. The number of hydrogen-bond acceptors (Lipinski definition) is 6. The summed E-state index contributed by atoms with van der Waals surface area (Å²) in [4.78, 5) is 20.2. The van der Waals surface area contributed by atoms with Gasteiger partial charge in [-0.2, -0.15) is 18.3 Å². The standard InChI is InChI=1S/C19H16F3N5O2/c20-19(21,22)13-2-1-7-24-18(13)25-15-10-29-11-16(15)27-17(28)4-3-14(26-27)12-5-8-23-9-6-12/h1-9,15-16H,10-11H2,(H,24,25). The van der Waals surface area contributed by atoms with Gasteiger partial charge >= 0.3 is 6.18 Å². The van der Waals surface area contributed by atoms with Crippen molar-refractivity contribution < 1.29 is 17.9 Å². The van der Waals surface area contributed by atoms with Crippen LogP contribution in [-0.2, 0) is 10.9 Å². The van der Waals surface area contributed by atoms with Crippen molar-refractivity contribution in [2.24, 2.45) is 0 Å². The molecule has 0 aliphatic carbocycles. The third kappa shape index (κ3) is 3.97. The Morgan fingerprint density at radius 1 is 1.07 bits per heavy atom. The van der Waals surface area contributed by atoms with Gasteiger partial charge in [0.15, 0.2) is 0 Å². The summed E-state index contributed by atoms with van der Waals surface area (Å²) >= 11 is 0. The van der Waals surface area contributed by atoms with Gasteiger partial charge in [-0.3, -0.25) is 9.78 Å². The average molecular weight is 403 g/mol. The van der Waals surface area contributed by atoms with E-state index in [9.17, 15) is 18.0 Å². The second-order valence-electron chi connectivity index (χ2n) is 6.49. The maximum absolute atomic E-state index is 13.3. The number of hydrogen-bond donors (Lipinski definition) is 1. The Kier molecular flexibility index (Phi) is 5.01. The van der Waals surface area contributed by atoms with E-state index in [1.54, 1.807) is 30.6 Å². The van der Waals surface area contributed by atoms with Crippen LogP contribution in [0.5, 0.6) is 0 Å². The molecule has 3 aromatic heterocycles. The van der Waals surface area contributed by atoms with Crippen LogP contribution >= 0.6 is 0 Å². The highest BCUT2D eigenvalue weighted by molar-refractivity contribution is 5.57. The van der Waals surface area contributed by atoms with Gasteiger partial charge < -0.3 is 10.1 Å². The van der Waals surface area contributed by atoms with Gasteiger partial charge in [0.05, 0.1) is 30.5 Å². The molecule has 1 saturated heterocycles. The molecule has 4 rings (SSSR count). The van der Waals surface area contributed by atoms with E-state index in [-0.39, 0.29) is 24.6 Å². The summed E-state index contributed by atoms with van der Waals surface area (Å²) in [6.07, 6.45) is -0.0662. The van der Waals surface area contributed by atoms with Gasteiger partial charge in [0.25, 0.3) is 5.56 Å². The van der Waals surface area contributed by atoms with Crippen LogP contribution in [0.15, 0.2) is 59.8 Å². The van der Waals surface area contributed by atoms with Crippen molar-refractivity contribution in [2.45, 2.75) is 18.3 Å². The largest absolute Gasteiger partial charge is 0.419 e. The van der Waals surface area contributed by atoms with Crippen LogP contribution in [0, 0.1) is 0 Å². The van der Waals surface area contributed by atoms with E-state index >= 15 is 0 Å². The van der Waals surface area contributed by atoms with Crippen LogP contribution in [0.25, 0.3) is 11.3 Å². The second kappa shape index (κ2) is 7.63. The van der Waals surface area contributed by atoms with Crippen molar-refractivity contribution in [3.05, 3.63) is 70.9 Å². The number of nitrogens with zero attached hydrogens (tertiary/aromatic N) is 4. The fourth-order valence-corrected chi connectivity index (χ4v) is 3.19. The van der Waals surface area contributed by atoms with Gasteiger partial charge in [-0.05, 0) is 30.3 Å². The Hall–Kier alpha value is -3.27. The quantitative estimate of drug-likeness (QED) is 0.722. The molecule has 1 aliphatic heterocycles. The summed E-state index contributed by atoms with van der Waals surface area (Å²) in [5.74, 6) is -0.307. The Balaban J connectivity index is 1.66. The van der Waals surface area contributed by atoms with Crippen molar-refractivity contribution in [3.8, 4) is 11.3 Å². The first-order valence-electron chi connectivity index (χ1n) is 8.80. The Morgan fingerprint density at radius 3 is 2.62 bits per heavy atom. The van der Waals surface area contributed by atoms with Crippen molar-refractivity contribution in [1.29, 1.82) is 0 Å². The number of nitrogens with one attached hydrogen (secondary N) is 1.